The van der Waals surface area contributed by atoms with Crippen LogP contribution in [0.1, 0.15) is 18.1 Å². The maximum Gasteiger partial charge on any atom is 0.258 e. The van der Waals surface area contributed by atoms with Gasteiger partial charge in [0.05, 0.1) is 13.2 Å². The van der Waals surface area contributed by atoms with Gasteiger partial charge in [0.1, 0.15) is 23.9 Å². The monoisotopic (exact) mass is 377 g/mol. The zero-order valence-electron chi connectivity index (χ0n) is 15.5. The van der Waals surface area contributed by atoms with Gasteiger partial charge < -0.3 is 19.5 Å². The Labute approximate surface area is 159 Å². The second-order valence-electron chi connectivity index (χ2n) is 6.11. The first-order chi connectivity index (χ1) is 12.4. The zero-order chi connectivity index (χ0) is 19.1. The molecule has 6 heteroatoms. The smallest absolute Gasteiger partial charge is 0.258 e. The lowest BCUT2D eigenvalue weighted by molar-refractivity contribution is -0.123. The number of rotatable bonds is 8. The van der Waals surface area contributed by atoms with Crippen molar-refractivity contribution in [3.05, 3.63) is 52.5 Å². The second-order valence-corrected chi connectivity index (χ2v) is 6.49. The van der Waals surface area contributed by atoms with Gasteiger partial charge in [-0.05, 0) is 68.3 Å². The fourth-order valence-electron chi connectivity index (χ4n) is 2.39. The molecule has 0 heterocycles. The number of carbonyl (C=O) groups is 1. The van der Waals surface area contributed by atoms with Crippen molar-refractivity contribution in [3.8, 4) is 17.2 Å². The Morgan fingerprint density at radius 2 is 1.62 bits per heavy atom. The number of hydrogen-bond acceptors (Lipinski definition) is 4. The van der Waals surface area contributed by atoms with Crippen molar-refractivity contribution < 1.29 is 19.0 Å². The van der Waals surface area contributed by atoms with E-state index in [0.717, 1.165) is 22.6 Å². The molecule has 0 aliphatic heterocycles. The number of amides is 1. The lowest BCUT2D eigenvalue weighted by Crippen LogP contribution is -2.39. The van der Waals surface area contributed by atoms with E-state index in [1.165, 1.54) is 0 Å². The van der Waals surface area contributed by atoms with E-state index in [0.29, 0.717) is 17.4 Å². The molecule has 2 aromatic carbocycles. The first-order valence-electron chi connectivity index (χ1n) is 8.34. The Bertz CT molecular complexity index is 723. The summed E-state index contributed by atoms with van der Waals surface area (Å²) in [5, 5.41) is 3.56. The third kappa shape index (κ3) is 5.85. The maximum absolute atomic E-state index is 12.0. The van der Waals surface area contributed by atoms with Gasteiger partial charge in [-0.15, -0.1) is 0 Å². The fourth-order valence-corrected chi connectivity index (χ4v) is 2.50. The molecule has 26 heavy (non-hydrogen) atoms. The maximum atomic E-state index is 12.0. The number of methoxy groups -OCH3 is 1. The molecule has 0 radical (unpaired) electrons. The molecule has 1 amide bonds. The lowest BCUT2D eigenvalue weighted by atomic mass is 10.1. The molecule has 0 aromatic heterocycles. The van der Waals surface area contributed by atoms with Crippen molar-refractivity contribution in [2.75, 3.05) is 20.3 Å². The summed E-state index contributed by atoms with van der Waals surface area (Å²) in [5.41, 5.74) is 1.84. The van der Waals surface area contributed by atoms with E-state index >= 15 is 0 Å². The average molecular weight is 378 g/mol. The topological polar surface area (TPSA) is 56.8 Å². The molecule has 0 saturated heterocycles. The number of hydrogen-bond donors (Lipinski definition) is 1. The Morgan fingerprint density at radius 3 is 2.19 bits per heavy atom. The summed E-state index contributed by atoms with van der Waals surface area (Å²) in [5.74, 6) is 1.90. The molecule has 2 rings (SSSR count). The summed E-state index contributed by atoms with van der Waals surface area (Å²) < 4.78 is 16.3. The van der Waals surface area contributed by atoms with E-state index in [4.69, 9.17) is 25.8 Å². The molecule has 1 N–H and O–H groups in total. The molecule has 140 valence electrons. The van der Waals surface area contributed by atoms with Crippen LogP contribution in [0, 0.1) is 13.8 Å². The van der Waals surface area contributed by atoms with E-state index < -0.39 is 0 Å². The molecule has 5 nitrogen and oxygen atoms in total. The van der Waals surface area contributed by atoms with Crippen molar-refractivity contribution >= 4 is 17.5 Å². The molecule has 0 aliphatic rings. The largest absolute Gasteiger partial charge is 0.497 e. The van der Waals surface area contributed by atoms with Crippen LogP contribution in [-0.4, -0.2) is 32.3 Å². The third-order valence-corrected chi connectivity index (χ3v) is 4.34. The number of benzene rings is 2. The van der Waals surface area contributed by atoms with Gasteiger partial charge in [0.2, 0.25) is 0 Å². The van der Waals surface area contributed by atoms with E-state index in [1.807, 2.05) is 57.2 Å². The quantitative estimate of drug-likeness (QED) is 0.757. The first kappa shape index (κ1) is 19.9. The highest BCUT2D eigenvalue weighted by atomic mass is 35.5. The SMILES string of the molecule is COc1ccc(OC[C@@H](C)NC(=O)COc2cc(C)c(Cl)c(C)c2)cc1. The summed E-state index contributed by atoms with van der Waals surface area (Å²) in [6.45, 7) is 5.98. The highest BCUT2D eigenvalue weighted by Gasteiger charge is 2.10. The van der Waals surface area contributed by atoms with Crippen molar-refractivity contribution in [2.45, 2.75) is 26.8 Å². The number of carbonyl (C=O) groups excluding carboxylic acids is 1. The predicted octanol–water partition coefficient (Wildman–Crippen LogP) is 3.93. The standard InChI is InChI=1S/C20H24ClNO4/c1-13-9-18(10-14(2)20(13)21)26-12-19(23)22-15(3)11-25-17-7-5-16(24-4)6-8-17/h5-10,15H,11-12H2,1-4H3,(H,22,23)/t15-/m1/s1. The van der Waals surface area contributed by atoms with Gasteiger partial charge in [-0.25, -0.2) is 0 Å². The van der Waals surface area contributed by atoms with E-state index in [2.05, 4.69) is 5.32 Å². The number of nitrogens with one attached hydrogen (secondary N) is 1. The predicted molar refractivity (Wildman–Crippen MR) is 103 cm³/mol. The Hall–Kier alpha value is -2.40. The molecule has 0 saturated carbocycles. The molecular formula is C20H24ClNO4. The number of aryl methyl sites for hydroxylation is 2. The molecule has 0 spiro atoms. The fraction of sp³-hybridized carbons (Fsp3) is 0.350. The highest BCUT2D eigenvalue weighted by molar-refractivity contribution is 6.32. The Morgan fingerprint density at radius 1 is 1.04 bits per heavy atom. The third-order valence-electron chi connectivity index (χ3n) is 3.75. The summed E-state index contributed by atoms with van der Waals surface area (Å²) in [4.78, 5) is 12.0. The van der Waals surface area contributed by atoms with E-state index in [1.54, 1.807) is 7.11 Å². The van der Waals surface area contributed by atoms with E-state index in [-0.39, 0.29) is 18.6 Å². The van der Waals surface area contributed by atoms with Crippen LogP contribution >= 0.6 is 11.6 Å². The first-order valence-corrected chi connectivity index (χ1v) is 8.72. The van der Waals surface area contributed by atoms with Crippen LogP contribution < -0.4 is 19.5 Å². The summed E-state index contributed by atoms with van der Waals surface area (Å²) in [7, 11) is 1.61. The average Bonchev–Trinajstić information content (AvgIpc) is 2.63. The van der Waals surface area contributed by atoms with Gasteiger partial charge in [0.15, 0.2) is 6.61 Å². The Balaban J connectivity index is 1.76. The van der Waals surface area contributed by atoms with Crippen molar-refractivity contribution in [3.63, 3.8) is 0 Å². The number of ether oxygens (including phenoxy) is 3. The summed E-state index contributed by atoms with van der Waals surface area (Å²) in [6, 6.07) is 10.8. The van der Waals surface area contributed by atoms with Crippen LogP contribution in [0.25, 0.3) is 0 Å². The van der Waals surface area contributed by atoms with Crippen molar-refractivity contribution in [1.29, 1.82) is 0 Å². The lowest BCUT2D eigenvalue weighted by Gasteiger charge is -2.16. The highest BCUT2D eigenvalue weighted by Crippen LogP contribution is 2.25. The van der Waals surface area contributed by atoms with Gasteiger partial charge in [-0.2, -0.15) is 0 Å². The summed E-state index contributed by atoms with van der Waals surface area (Å²) in [6.07, 6.45) is 0. The van der Waals surface area contributed by atoms with Gasteiger partial charge in [0, 0.05) is 5.02 Å². The van der Waals surface area contributed by atoms with Crippen LogP contribution in [0.15, 0.2) is 36.4 Å². The van der Waals surface area contributed by atoms with Gasteiger partial charge in [-0.1, -0.05) is 11.6 Å². The minimum Gasteiger partial charge on any atom is -0.497 e. The molecule has 1 atom stereocenters. The molecule has 0 fully saturated rings. The van der Waals surface area contributed by atoms with Crippen molar-refractivity contribution in [1.82, 2.24) is 5.32 Å². The zero-order valence-corrected chi connectivity index (χ0v) is 16.2. The van der Waals surface area contributed by atoms with Crippen LogP contribution in [0.5, 0.6) is 17.2 Å². The van der Waals surface area contributed by atoms with Crippen LogP contribution in [0.2, 0.25) is 5.02 Å². The van der Waals surface area contributed by atoms with Gasteiger partial charge in [0.25, 0.3) is 5.91 Å². The van der Waals surface area contributed by atoms with Crippen LogP contribution in [0.4, 0.5) is 0 Å². The summed E-state index contributed by atoms with van der Waals surface area (Å²) >= 11 is 6.13. The molecule has 0 unspecified atom stereocenters. The van der Waals surface area contributed by atoms with Crippen LogP contribution in [0.3, 0.4) is 0 Å². The minimum absolute atomic E-state index is 0.0621. The normalized spacial score (nSPS) is 11.6. The molecule has 2 aromatic rings. The van der Waals surface area contributed by atoms with Crippen LogP contribution in [-0.2, 0) is 4.79 Å². The second kappa shape index (κ2) is 9.34. The van der Waals surface area contributed by atoms with Crippen molar-refractivity contribution in [2.24, 2.45) is 0 Å². The minimum atomic E-state index is -0.207. The Kier molecular flexibility index (Phi) is 7.16. The molecule has 0 aliphatic carbocycles. The van der Waals surface area contributed by atoms with Gasteiger partial charge in [-0.3, -0.25) is 4.79 Å². The van der Waals surface area contributed by atoms with Gasteiger partial charge >= 0.3 is 0 Å². The van der Waals surface area contributed by atoms with E-state index in [9.17, 15) is 4.79 Å². The molecular weight excluding hydrogens is 354 g/mol. The molecule has 0 bridgehead atoms. The number of halogens is 1.